The van der Waals surface area contributed by atoms with Crippen molar-refractivity contribution in [2.75, 3.05) is 19.8 Å². The van der Waals surface area contributed by atoms with Gasteiger partial charge in [-0.25, -0.2) is 0 Å². The van der Waals surface area contributed by atoms with Crippen LogP contribution in [0.25, 0.3) is 0 Å². The first-order chi connectivity index (χ1) is 6.91. The van der Waals surface area contributed by atoms with Crippen LogP contribution in [0.2, 0.25) is 0 Å². The summed E-state index contributed by atoms with van der Waals surface area (Å²) in [5.74, 6) is 0. The molecule has 1 atom stereocenters. The zero-order chi connectivity index (χ0) is 10.5. The molecule has 0 saturated carbocycles. The summed E-state index contributed by atoms with van der Waals surface area (Å²) in [6, 6.07) is 0. The van der Waals surface area contributed by atoms with Gasteiger partial charge in [-0.2, -0.15) is 0 Å². The van der Waals surface area contributed by atoms with Crippen LogP contribution < -0.4 is 0 Å². The summed E-state index contributed by atoms with van der Waals surface area (Å²) in [6.45, 7) is 4.72. The molecular formula is C11H23O2P. The molecule has 3 heteroatoms. The van der Waals surface area contributed by atoms with E-state index in [9.17, 15) is 0 Å². The minimum atomic E-state index is 0.813. The summed E-state index contributed by atoms with van der Waals surface area (Å²) in [5, 5.41) is 0. The van der Waals surface area contributed by atoms with Gasteiger partial charge in [-0.1, -0.05) is 19.1 Å². The van der Waals surface area contributed by atoms with Crippen LogP contribution in [-0.2, 0) is 9.26 Å². The van der Waals surface area contributed by atoms with E-state index in [1.807, 2.05) is 0 Å². The molecule has 14 heavy (non-hydrogen) atoms. The predicted octanol–water partition coefficient (Wildman–Crippen LogP) is 3.34. The number of hydrogen-bond donors (Lipinski definition) is 0. The van der Waals surface area contributed by atoms with Crippen molar-refractivity contribution in [2.24, 2.45) is 0 Å². The molecule has 0 rings (SSSR count). The van der Waals surface area contributed by atoms with Crippen LogP contribution in [-0.4, -0.2) is 19.8 Å². The maximum atomic E-state index is 5.46. The van der Waals surface area contributed by atoms with Gasteiger partial charge in [0.2, 0.25) is 0 Å². The van der Waals surface area contributed by atoms with E-state index in [4.69, 9.17) is 9.26 Å². The van der Waals surface area contributed by atoms with E-state index in [-0.39, 0.29) is 0 Å². The van der Waals surface area contributed by atoms with Crippen molar-refractivity contribution in [3.8, 4) is 0 Å². The van der Waals surface area contributed by atoms with E-state index in [0.29, 0.717) is 0 Å². The maximum absolute atomic E-state index is 5.46. The lowest BCUT2D eigenvalue weighted by molar-refractivity contribution is 0.125. The SMILES string of the molecule is CCC=CCCCOCCCCOP. The molecule has 0 amide bonds. The van der Waals surface area contributed by atoms with Crippen LogP contribution in [0.1, 0.15) is 39.0 Å². The van der Waals surface area contributed by atoms with Gasteiger partial charge in [-0.3, -0.25) is 0 Å². The molecule has 0 N–H and O–H groups in total. The van der Waals surface area contributed by atoms with Crippen molar-refractivity contribution in [1.82, 2.24) is 0 Å². The highest BCUT2D eigenvalue weighted by atomic mass is 31.0. The second-order valence-electron chi connectivity index (χ2n) is 3.21. The third-order valence-electron chi connectivity index (χ3n) is 1.86. The molecule has 0 aliphatic heterocycles. The first kappa shape index (κ1) is 14.1. The van der Waals surface area contributed by atoms with Crippen molar-refractivity contribution in [2.45, 2.75) is 39.0 Å². The molecule has 84 valence electrons. The lowest BCUT2D eigenvalue weighted by Crippen LogP contribution is -1.97. The van der Waals surface area contributed by atoms with E-state index in [0.717, 1.165) is 51.9 Å². The smallest absolute Gasteiger partial charge is 0.0502 e. The molecule has 0 aliphatic rings. The van der Waals surface area contributed by atoms with Crippen molar-refractivity contribution < 1.29 is 9.26 Å². The van der Waals surface area contributed by atoms with Crippen molar-refractivity contribution in [3.05, 3.63) is 12.2 Å². The summed E-state index contributed by atoms with van der Waals surface area (Å²) < 4.78 is 10.3. The van der Waals surface area contributed by atoms with Gasteiger partial charge in [0, 0.05) is 22.7 Å². The summed E-state index contributed by atoms with van der Waals surface area (Å²) in [6.07, 6.45) is 10.0. The fourth-order valence-electron chi connectivity index (χ4n) is 1.08. The number of ether oxygens (including phenoxy) is 1. The Hall–Kier alpha value is 0.0900. The molecule has 0 heterocycles. The zero-order valence-corrected chi connectivity index (χ0v) is 10.4. The highest BCUT2D eigenvalue weighted by Gasteiger charge is 1.89. The molecule has 1 unspecified atom stereocenters. The van der Waals surface area contributed by atoms with Crippen molar-refractivity contribution in [3.63, 3.8) is 0 Å². The Morgan fingerprint density at radius 1 is 1.00 bits per heavy atom. The average Bonchev–Trinajstić information content (AvgIpc) is 2.21. The van der Waals surface area contributed by atoms with Crippen LogP contribution in [0.3, 0.4) is 0 Å². The maximum Gasteiger partial charge on any atom is 0.0502 e. The molecule has 0 radical (unpaired) electrons. The molecule has 0 bridgehead atoms. The molecule has 0 aromatic rings. The zero-order valence-electron chi connectivity index (χ0n) is 9.21. The van der Waals surface area contributed by atoms with Gasteiger partial charge in [-0.15, -0.1) is 0 Å². The largest absolute Gasteiger partial charge is 0.381 e. The predicted molar refractivity (Wildman–Crippen MR) is 64.4 cm³/mol. The Bertz CT molecular complexity index is 126. The van der Waals surface area contributed by atoms with E-state index >= 15 is 0 Å². The highest BCUT2D eigenvalue weighted by Crippen LogP contribution is 1.97. The Morgan fingerprint density at radius 2 is 1.71 bits per heavy atom. The number of unbranched alkanes of at least 4 members (excludes halogenated alkanes) is 2. The van der Waals surface area contributed by atoms with Gasteiger partial charge in [0.15, 0.2) is 0 Å². The quantitative estimate of drug-likeness (QED) is 0.318. The molecule has 0 fully saturated rings. The van der Waals surface area contributed by atoms with Crippen LogP contribution >= 0.6 is 9.47 Å². The Morgan fingerprint density at radius 3 is 2.43 bits per heavy atom. The van der Waals surface area contributed by atoms with E-state index in [1.165, 1.54) is 0 Å². The second kappa shape index (κ2) is 13.1. The third kappa shape index (κ3) is 12.1. The van der Waals surface area contributed by atoms with E-state index in [2.05, 4.69) is 28.5 Å². The van der Waals surface area contributed by atoms with Gasteiger partial charge in [0.1, 0.15) is 0 Å². The van der Waals surface area contributed by atoms with Gasteiger partial charge >= 0.3 is 0 Å². The van der Waals surface area contributed by atoms with Crippen LogP contribution in [0.4, 0.5) is 0 Å². The first-order valence-electron chi connectivity index (χ1n) is 5.46. The van der Waals surface area contributed by atoms with Crippen molar-refractivity contribution >= 4 is 9.47 Å². The average molecular weight is 218 g/mol. The second-order valence-corrected chi connectivity index (χ2v) is 3.55. The monoisotopic (exact) mass is 218 g/mol. The first-order valence-corrected chi connectivity index (χ1v) is 5.93. The van der Waals surface area contributed by atoms with Crippen LogP contribution in [0, 0.1) is 0 Å². The Labute approximate surface area is 90.3 Å². The summed E-state index contributed by atoms with van der Waals surface area (Å²) in [7, 11) is 2.26. The van der Waals surface area contributed by atoms with Crippen molar-refractivity contribution in [1.29, 1.82) is 0 Å². The molecule has 0 aliphatic carbocycles. The third-order valence-corrected chi connectivity index (χ3v) is 2.10. The topological polar surface area (TPSA) is 18.5 Å². The minimum Gasteiger partial charge on any atom is -0.381 e. The molecule has 0 saturated heterocycles. The lowest BCUT2D eigenvalue weighted by Gasteiger charge is -2.02. The molecule has 0 aromatic carbocycles. The van der Waals surface area contributed by atoms with Gasteiger partial charge < -0.3 is 9.26 Å². The fraction of sp³-hybridized carbons (Fsp3) is 0.818. The molecule has 0 aromatic heterocycles. The minimum absolute atomic E-state index is 0.813. The standard InChI is InChI=1S/C11H23O2P/c1-2-3-4-5-6-9-12-10-7-8-11-13-14/h3-4H,2,5-11,14H2,1H3. The lowest BCUT2D eigenvalue weighted by atomic mass is 10.3. The van der Waals surface area contributed by atoms with Crippen LogP contribution in [0.5, 0.6) is 0 Å². The Kier molecular flexibility index (Phi) is 13.2. The van der Waals surface area contributed by atoms with Gasteiger partial charge in [0.25, 0.3) is 0 Å². The fourth-order valence-corrected chi connectivity index (χ4v) is 1.25. The number of rotatable bonds is 10. The summed E-state index contributed by atoms with van der Waals surface area (Å²) in [5.41, 5.74) is 0. The summed E-state index contributed by atoms with van der Waals surface area (Å²) >= 11 is 0. The van der Waals surface area contributed by atoms with E-state index < -0.39 is 0 Å². The normalized spacial score (nSPS) is 11.3. The number of hydrogen-bond acceptors (Lipinski definition) is 2. The van der Waals surface area contributed by atoms with Gasteiger partial charge in [0.05, 0.1) is 6.61 Å². The number of allylic oxidation sites excluding steroid dienone is 2. The van der Waals surface area contributed by atoms with E-state index in [1.54, 1.807) is 0 Å². The highest BCUT2D eigenvalue weighted by molar-refractivity contribution is 7.09. The van der Waals surface area contributed by atoms with Gasteiger partial charge in [-0.05, 0) is 32.1 Å². The summed E-state index contributed by atoms with van der Waals surface area (Å²) in [4.78, 5) is 0. The Balaban J connectivity index is 2.88. The molecular weight excluding hydrogens is 195 g/mol. The van der Waals surface area contributed by atoms with Crippen LogP contribution in [0.15, 0.2) is 12.2 Å². The molecule has 2 nitrogen and oxygen atoms in total. The molecule has 0 spiro atoms.